The molecule has 0 spiro atoms. The molecule has 26 heavy (non-hydrogen) atoms. The Morgan fingerprint density at radius 1 is 1.12 bits per heavy atom. The Morgan fingerprint density at radius 3 is 2.69 bits per heavy atom. The summed E-state index contributed by atoms with van der Waals surface area (Å²) in [4.78, 5) is 17.9. The molecule has 0 bridgehead atoms. The van der Waals surface area contributed by atoms with Gasteiger partial charge in [0, 0.05) is 24.8 Å². The average Bonchev–Trinajstić information content (AvgIpc) is 2.61. The number of aromatic nitrogens is 2. The van der Waals surface area contributed by atoms with E-state index in [9.17, 15) is 4.79 Å². The number of nitrogens with zero attached hydrogens (tertiary/aromatic N) is 3. The van der Waals surface area contributed by atoms with Crippen LogP contribution in [0.1, 0.15) is 42.8 Å². The van der Waals surface area contributed by atoms with Crippen molar-refractivity contribution < 1.29 is 4.74 Å². The summed E-state index contributed by atoms with van der Waals surface area (Å²) in [5.41, 5.74) is 2.10. The third kappa shape index (κ3) is 5.18. The van der Waals surface area contributed by atoms with E-state index in [0.29, 0.717) is 6.61 Å². The van der Waals surface area contributed by atoms with E-state index < -0.39 is 0 Å². The molecular formula is C21H29N3O2. The van der Waals surface area contributed by atoms with E-state index in [4.69, 9.17) is 4.74 Å². The van der Waals surface area contributed by atoms with Crippen LogP contribution >= 0.6 is 0 Å². The summed E-state index contributed by atoms with van der Waals surface area (Å²) in [5.74, 6) is 1.70. The van der Waals surface area contributed by atoms with Crippen molar-refractivity contribution in [2.45, 2.75) is 52.6 Å². The van der Waals surface area contributed by atoms with Gasteiger partial charge in [-0.15, -0.1) is 0 Å². The van der Waals surface area contributed by atoms with E-state index in [0.717, 1.165) is 36.8 Å². The lowest BCUT2D eigenvalue weighted by atomic mass is 10.1. The normalized spacial score (nSPS) is 15.2. The van der Waals surface area contributed by atoms with Crippen LogP contribution in [0.25, 0.3) is 0 Å². The minimum Gasteiger partial charge on any atom is -0.494 e. The summed E-state index contributed by atoms with van der Waals surface area (Å²) >= 11 is 0. The molecule has 0 atom stereocenters. The van der Waals surface area contributed by atoms with Crippen LogP contribution in [0.3, 0.4) is 0 Å². The molecular weight excluding hydrogens is 326 g/mol. The van der Waals surface area contributed by atoms with Crippen molar-refractivity contribution in [3.63, 3.8) is 0 Å². The minimum absolute atomic E-state index is 0.168. The summed E-state index contributed by atoms with van der Waals surface area (Å²) in [6.45, 7) is 8.70. The highest BCUT2D eigenvalue weighted by Crippen LogP contribution is 2.18. The number of piperidine rings is 1. The van der Waals surface area contributed by atoms with Gasteiger partial charge in [-0.05, 0) is 63.9 Å². The maximum Gasteiger partial charge on any atom is 0.273 e. The predicted molar refractivity (Wildman–Crippen MR) is 104 cm³/mol. The van der Waals surface area contributed by atoms with Gasteiger partial charge < -0.3 is 9.30 Å². The van der Waals surface area contributed by atoms with Crippen LogP contribution in [0.4, 0.5) is 0 Å². The van der Waals surface area contributed by atoms with Crippen LogP contribution in [0.15, 0.2) is 35.1 Å². The van der Waals surface area contributed by atoms with E-state index in [1.807, 2.05) is 19.9 Å². The van der Waals surface area contributed by atoms with Crippen LogP contribution in [0.2, 0.25) is 0 Å². The van der Waals surface area contributed by atoms with Crippen LogP contribution < -0.4 is 10.3 Å². The van der Waals surface area contributed by atoms with Crippen molar-refractivity contribution in [3.05, 3.63) is 57.8 Å². The lowest BCUT2D eigenvalue weighted by Gasteiger charge is -2.26. The van der Waals surface area contributed by atoms with E-state index in [1.54, 1.807) is 6.07 Å². The standard InChI is InChI=1S/C21H29N3O2/c1-17-14-21(25)22-18(2)24(17)12-7-13-26-20-9-6-8-19(15-20)16-23-10-4-3-5-11-23/h6,8-9,14-15H,3-5,7,10-13,16H2,1-2H3. The molecule has 1 saturated heterocycles. The van der Waals surface area contributed by atoms with Crippen molar-refractivity contribution in [2.75, 3.05) is 19.7 Å². The third-order valence-corrected chi connectivity index (χ3v) is 4.97. The Hall–Kier alpha value is -2.14. The first-order valence-electron chi connectivity index (χ1n) is 9.61. The molecule has 0 aliphatic carbocycles. The van der Waals surface area contributed by atoms with Crippen molar-refractivity contribution >= 4 is 0 Å². The number of benzene rings is 1. The van der Waals surface area contributed by atoms with Gasteiger partial charge in [0.1, 0.15) is 11.6 Å². The van der Waals surface area contributed by atoms with Gasteiger partial charge in [0.05, 0.1) is 6.61 Å². The van der Waals surface area contributed by atoms with Gasteiger partial charge in [0.2, 0.25) is 0 Å². The fourth-order valence-corrected chi connectivity index (χ4v) is 3.62. The second kappa shape index (κ2) is 8.99. The second-order valence-electron chi connectivity index (χ2n) is 7.12. The molecule has 0 saturated carbocycles. The topological polar surface area (TPSA) is 47.4 Å². The largest absolute Gasteiger partial charge is 0.494 e. The minimum atomic E-state index is -0.168. The smallest absolute Gasteiger partial charge is 0.273 e. The Morgan fingerprint density at radius 2 is 1.92 bits per heavy atom. The number of aryl methyl sites for hydroxylation is 2. The lowest BCUT2D eigenvalue weighted by Crippen LogP contribution is -2.29. The molecule has 5 heteroatoms. The first-order chi connectivity index (χ1) is 12.6. The number of hydrogen-bond donors (Lipinski definition) is 0. The molecule has 1 aromatic carbocycles. The SMILES string of the molecule is Cc1cc(=O)nc(C)n1CCCOc1cccc(CN2CCCCC2)c1. The number of likely N-dealkylation sites (tertiary alicyclic amines) is 1. The molecule has 1 aliphatic rings. The molecule has 140 valence electrons. The van der Waals surface area contributed by atoms with Gasteiger partial charge >= 0.3 is 0 Å². The molecule has 1 fully saturated rings. The molecule has 2 heterocycles. The second-order valence-corrected chi connectivity index (χ2v) is 7.12. The molecule has 0 N–H and O–H groups in total. The lowest BCUT2D eigenvalue weighted by molar-refractivity contribution is 0.220. The average molecular weight is 355 g/mol. The summed E-state index contributed by atoms with van der Waals surface area (Å²) in [6, 6.07) is 10.0. The van der Waals surface area contributed by atoms with Crippen LogP contribution in [0, 0.1) is 13.8 Å². The predicted octanol–water partition coefficient (Wildman–Crippen LogP) is 3.32. The Labute approximate surface area is 155 Å². The molecule has 3 rings (SSSR count). The molecule has 5 nitrogen and oxygen atoms in total. The fourth-order valence-electron chi connectivity index (χ4n) is 3.62. The zero-order valence-electron chi connectivity index (χ0n) is 15.9. The summed E-state index contributed by atoms with van der Waals surface area (Å²) < 4.78 is 8.01. The maximum absolute atomic E-state index is 11.4. The van der Waals surface area contributed by atoms with E-state index in [2.05, 4.69) is 32.7 Å². The molecule has 0 unspecified atom stereocenters. The quantitative estimate of drug-likeness (QED) is 0.715. The van der Waals surface area contributed by atoms with Crippen molar-refractivity contribution in [1.82, 2.24) is 14.5 Å². The first-order valence-corrected chi connectivity index (χ1v) is 9.61. The Bertz CT molecular complexity index is 753. The van der Waals surface area contributed by atoms with Gasteiger partial charge in [-0.3, -0.25) is 9.69 Å². The van der Waals surface area contributed by atoms with Crippen LogP contribution in [-0.2, 0) is 13.1 Å². The maximum atomic E-state index is 11.4. The molecule has 0 radical (unpaired) electrons. The van der Waals surface area contributed by atoms with Gasteiger partial charge in [-0.25, -0.2) is 0 Å². The summed E-state index contributed by atoms with van der Waals surface area (Å²) in [6.07, 6.45) is 4.87. The Balaban J connectivity index is 1.49. The number of ether oxygens (including phenoxy) is 1. The van der Waals surface area contributed by atoms with Gasteiger partial charge in [0.15, 0.2) is 0 Å². The van der Waals surface area contributed by atoms with Gasteiger partial charge in [-0.2, -0.15) is 4.98 Å². The van der Waals surface area contributed by atoms with Crippen LogP contribution in [0.5, 0.6) is 5.75 Å². The Kier molecular flexibility index (Phi) is 6.45. The molecule has 1 aromatic heterocycles. The van der Waals surface area contributed by atoms with Gasteiger partial charge in [0.25, 0.3) is 5.56 Å². The van der Waals surface area contributed by atoms with Crippen molar-refractivity contribution in [3.8, 4) is 5.75 Å². The highest BCUT2D eigenvalue weighted by atomic mass is 16.5. The van der Waals surface area contributed by atoms with Crippen LogP contribution in [-0.4, -0.2) is 34.1 Å². The number of hydrogen-bond acceptors (Lipinski definition) is 4. The van der Waals surface area contributed by atoms with E-state index >= 15 is 0 Å². The first kappa shape index (κ1) is 18.6. The molecule has 2 aromatic rings. The summed E-state index contributed by atoms with van der Waals surface area (Å²) in [7, 11) is 0. The number of rotatable bonds is 7. The molecule has 1 aliphatic heterocycles. The summed E-state index contributed by atoms with van der Waals surface area (Å²) in [5, 5.41) is 0. The van der Waals surface area contributed by atoms with Gasteiger partial charge in [-0.1, -0.05) is 18.6 Å². The third-order valence-electron chi connectivity index (χ3n) is 4.97. The fraction of sp³-hybridized carbons (Fsp3) is 0.524. The zero-order chi connectivity index (χ0) is 18.4. The monoisotopic (exact) mass is 355 g/mol. The molecule has 0 amide bonds. The van der Waals surface area contributed by atoms with Crippen molar-refractivity contribution in [1.29, 1.82) is 0 Å². The highest BCUT2D eigenvalue weighted by Gasteiger charge is 2.10. The van der Waals surface area contributed by atoms with Crippen molar-refractivity contribution in [2.24, 2.45) is 0 Å². The zero-order valence-corrected chi connectivity index (χ0v) is 15.9. The van der Waals surface area contributed by atoms with E-state index in [1.165, 1.54) is 37.9 Å². The van der Waals surface area contributed by atoms with E-state index in [-0.39, 0.29) is 5.56 Å². The highest BCUT2D eigenvalue weighted by molar-refractivity contribution is 5.28.